The van der Waals surface area contributed by atoms with E-state index >= 15 is 0 Å². The van der Waals surface area contributed by atoms with Gasteiger partial charge in [-0.2, -0.15) is 0 Å². The molecular weight excluding hydrogens is 745 g/mol. The maximum absolute atomic E-state index is 12.8. The van der Waals surface area contributed by atoms with Crippen molar-refractivity contribution >= 4 is 5.97 Å². The third-order valence-corrected chi connectivity index (χ3v) is 12.3. The first-order chi connectivity index (χ1) is 28.9. The minimum absolute atomic E-state index is 0.105. The van der Waals surface area contributed by atoms with Gasteiger partial charge in [-0.15, -0.1) is 0 Å². The second kappa shape index (κ2) is 42.5. The normalized spacial score (nSPS) is 20.0. The minimum atomic E-state index is -1.53. The lowest BCUT2D eigenvalue weighted by atomic mass is 9.99. The van der Waals surface area contributed by atoms with Gasteiger partial charge in [0, 0.05) is 13.0 Å². The zero-order valence-electron chi connectivity index (χ0n) is 38.8. The van der Waals surface area contributed by atoms with Crippen molar-refractivity contribution in [1.29, 1.82) is 0 Å². The number of hydrogen-bond acceptors (Lipinski definition) is 9. The van der Waals surface area contributed by atoms with E-state index in [0.717, 1.165) is 32.1 Å². The Hall–Kier alpha value is -0.810. The van der Waals surface area contributed by atoms with Gasteiger partial charge in [-0.05, 0) is 12.8 Å². The Morgan fingerprint density at radius 3 is 1.20 bits per heavy atom. The van der Waals surface area contributed by atoms with Gasteiger partial charge >= 0.3 is 5.97 Å². The topological polar surface area (TPSA) is 135 Å². The van der Waals surface area contributed by atoms with Crippen LogP contribution >= 0.6 is 0 Å². The summed E-state index contributed by atoms with van der Waals surface area (Å²) in [5.41, 5.74) is 0. The molecule has 1 heterocycles. The van der Waals surface area contributed by atoms with Gasteiger partial charge in [0.1, 0.15) is 30.5 Å². The first-order valence-corrected chi connectivity index (χ1v) is 25.6. The molecule has 0 amide bonds. The second-order valence-corrected chi connectivity index (χ2v) is 18.0. The summed E-state index contributed by atoms with van der Waals surface area (Å²) >= 11 is 0. The Morgan fingerprint density at radius 1 is 0.475 bits per heavy atom. The Morgan fingerprint density at radius 2 is 0.831 bits per heavy atom. The van der Waals surface area contributed by atoms with Crippen LogP contribution in [-0.4, -0.2) is 89.6 Å². The number of hydrogen-bond donors (Lipinski definition) is 4. The number of carbonyl (C=O) groups is 1. The largest absolute Gasteiger partial charge is 0.457 e. The summed E-state index contributed by atoms with van der Waals surface area (Å²) < 4.78 is 22.9. The van der Waals surface area contributed by atoms with Gasteiger partial charge in [-0.1, -0.05) is 232 Å². The van der Waals surface area contributed by atoms with E-state index in [4.69, 9.17) is 18.9 Å². The van der Waals surface area contributed by atoms with Crippen LogP contribution in [0.2, 0.25) is 0 Å². The summed E-state index contributed by atoms with van der Waals surface area (Å²) in [7, 11) is 0. The number of aliphatic hydroxyl groups excluding tert-OH is 4. The highest BCUT2D eigenvalue weighted by Crippen LogP contribution is 2.23. The van der Waals surface area contributed by atoms with Crippen molar-refractivity contribution < 1.29 is 44.2 Å². The molecule has 1 saturated heterocycles. The van der Waals surface area contributed by atoms with Gasteiger partial charge in [0.15, 0.2) is 6.29 Å². The highest BCUT2D eigenvalue weighted by molar-refractivity contribution is 5.69. The van der Waals surface area contributed by atoms with Crippen LogP contribution in [0.3, 0.4) is 0 Å². The summed E-state index contributed by atoms with van der Waals surface area (Å²) in [6.45, 7) is 4.62. The molecule has 0 bridgehead atoms. The average Bonchev–Trinajstić information content (AvgIpc) is 3.24. The lowest BCUT2D eigenvalue weighted by molar-refractivity contribution is -0.305. The molecule has 0 spiro atoms. The van der Waals surface area contributed by atoms with Crippen molar-refractivity contribution in [3.8, 4) is 0 Å². The van der Waals surface area contributed by atoms with Gasteiger partial charge in [0.05, 0.1) is 19.8 Å². The second-order valence-electron chi connectivity index (χ2n) is 18.0. The maximum Gasteiger partial charge on any atom is 0.306 e. The van der Waals surface area contributed by atoms with Crippen molar-refractivity contribution in [2.24, 2.45) is 0 Å². The molecule has 0 saturated carbocycles. The van der Waals surface area contributed by atoms with E-state index in [2.05, 4.69) is 13.8 Å². The van der Waals surface area contributed by atoms with E-state index in [0.29, 0.717) is 13.0 Å². The smallest absolute Gasteiger partial charge is 0.306 e. The van der Waals surface area contributed by atoms with E-state index in [1.807, 2.05) is 0 Å². The Bertz CT molecular complexity index is 873. The van der Waals surface area contributed by atoms with E-state index < -0.39 is 43.4 Å². The average molecular weight is 843 g/mol. The monoisotopic (exact) mass is 843 g/mol. The van der Waals surface area contributed by atoms with Crippen LogP contribution in [0.4, 0.5) is 0 Å². The quantitative estimate of drug-likeness (QED) is 0.0349. The number of unbranched alkanes of at least 4 members (excludes halogenated alkanes) is 34. The molecule has 4 N–H and O–H groups in total. The molecule has 1 aliphatic rings. The maximum atomic E-state index is 12.8. The molecule has 0 radical (unpaired) electrons. The third kappa shape index (κ3) is 33.4. The first kappa shape index (κ1) is 56.2. The molecule has 6 unspecified atom stereocenters. The molecule has 352 valence electrons. The van der Waals surface area contributed by atoms with Crippen LogP contribution in [-0.2, 0) is 23.7 Å². The van der Waals surface area contributed by atoms with Gasteiger partial charge in [0.25, 0.3) is 0 Å². The highest BCUT2D eigenvalue weighted by Gasteiger charge is 2.44. The fourth-order valence-electron chi connectivity index (χ4n) is 8.26. The summed E-state index contributed by atoms with van der Waals surface area (Å²) in [6, 6.07) is 0. The molecule has 9 heteroatoms. The molecule has 0 aromatic heterocycles. The molecule has 59 heavy (non-hydrogen) atoms. The first-order valence-electron chi connectivity index (χ1n) is 25.6. The predicted molar refractivity (Wildman–Crippen MR) is 243 cm³/mol. The molecule has 0 aliphatic carbocycles. The molecule has 0 aromatic rings. The van der Waals surface area contributed by atoms with Crippen molar-refractivity contribution in [3.63, 3.8) is 0 Å². The standard InChI is InChI=1S/C50H98O9/c1-3-5-7-9-11-13-15-17-18-19-20-21-22-23-24-25-26-27-28-29-31-33-35-37-39-46(52)58-44(43-57-50-49(55)48(54)47(53)45(41-51)59-50)42-56-40-38-36-34-32-30-16-14-12-10-8-6-4-2/h44-45,47-51,53-55H,3-43H2,1-2H3. The number of ether oxygens (including phenoxy) is 4. The zero-order valence-corrected chi connectivity index (χ0v) is 38.8. The molecule has 9 nitrogen and oxygen atoms in total. The fourth-order valence-corrected chi connectivity index (χ4v) is 8.26. The number of rotatable bonds is 45. The van der Waals surface area contributed by atoms with Crippen molar-refractivity contribution in [1.82, 2.24) is 0 Å². The highest BCUT2D eigenvalue weighted by atomic mass is 16.7. The minimum Gasteiger partial charge on any atom is -0.457 e. The third-order valence-electron chi connectivity index (χ3n) is 12.3. The van der Waals surface area contributed by atoms with Crippen molar-refractivity contribution in [2.45, 2.75) is 288 Å². The molecule has 6 atom stereocenters. The number of carbonyl (C=O) groups excluding carboxylic acids is 1. The molecule has 1 rings (SSSR count). The lowest BCUT2D eigenvalue weighted by Crippen LogP contribution is -2.59. The molecule has 0 aromatic carbocycles. The molecule has 1 aliphatic heterocycles. The molecular formula is C50H98O9. The fraction of sp³-hybridized carbons (Fsp3) is 0.980. The van der Waals surface area contributed by atoms with Crippen LogP contribution in [0.25, 0.3) is 0 Å². The van der Waals surface area contributed by atoms with Crippen LogP contribution in [0.5, 0.6) is 0 Å². The van der Waals surface area contributed by atoms with Gasteiger partial charge in [-0.25, -0.2) is 0 Å². The van der Waals surface area contributed by atoms with Gasteiger partial charge in [-0.3, -0.25) is 4.79 Å². The number of aliphatic hydroxyl groups is 4. The summed E-state index contributed by atoms with van der Waals surface area (Å²) in [6.07, 6.45) is 40.0. The lowest BCUT2D eigenvalue weighted by Gasteiger charge is -2.39. The van der Waals surface area contributed by atoms with Crippen LogP contribution in [0.1, 0.15) is 251 Å². The van der Waals surface area contributed by atoms with Crippen LogP contribution in [0.15, 0.2) is 0 Å². The van der Waals surface area contributed by atoms with Gasteiger partial charge < -0.3 is 39.4 Å². The van der Waals surface area contributed by atoms with Crippen LogP contribution < -0.4 is 0 Å². The predicted octanol–water partition coefficient (Wildman–Crippen LogP) is 12.2. The summed E-state index contributed by atoms with van der Waals surface area (Å²) in [5, 5.41) is 40.2. The van der Waals surface area contributed by atoms with Crippen molar-refractivity contribution in [2.75, 3.05) is 26.4 Å². The van der Waals surface area contributed by atoms with Crippen LogP contribution in [0, 0.1) is 0 Å². The Balaban J connectivity index is 2.13. The van der Waals surface area contributed by atoms with E-state index in [1.54, 1.807) is 0 Å². The molecule has 1 fully saturated rings. The number of esters is 1. The SMILES string of the molecule is CCCCCCCCCCCCCCCCCCCCCCCCCCC(=O)OC(COCCCCCCCCCCCCCC)COC1OC(CO)C(O)C(O)C1O. The summed E-state index contributed by atoms with van der Waals surface area (Å²) in [5.74, 6) is -0.305. The van der Waals surface area contributed by atoms with E-state index in [-0.39, 0.29) is 19.2 Å². The Labute approximate surface area is 363 Å². The van der Waals surface area contributed by atoms with Crippen molar-refractivity contribution in [3.05, 3.63) is 0 Å². The van der Waals surface area contributed by atoms with E-state index in [1.165, 1.54) is 199 Å². The zero-order chi connectivity index (χ0) is 42.9. The van der Waals surface area contributed by atoms with Gasteiger partial charge in [0.2, 0.25) is 0 Å². The Kier molecular flexibility index (Phi) is 40.5. The van der Waals surface area contributed by atoms with E-state index in [9.17, 15) is 25.2 Å². The summed E-state index contributed by atoms with van der Waals surface area (Å²) in [4.78, 5) is 12.8.